The van der Waals surface area contributed by atoms with Crippen LogP contribution in [0.5, 0.6) is 0 Å². The molecule has 0 heterocycles. The van der Waals surface area contributed by atoms with Gasteiger partial charge in [-0.2, -0.15) is 0 Å². The molecular formula is C16H21ClN2O4. The molecule has 1 amide bonds. The minimum atomic E-state index is -1.13. The van der Waals surface area contributed by atoms with E-state index in [-0.39, 0.29) is 11.3 Å². The molecule has 0 spiro atoms. The van der Waals surface area contributed by atoms with Crippen LogP contribution >= 0.6 is 11.6 Å². The number of amides is 1. The van der Waals surface area contributed by atoms with Gasteiger partial charge in [-0.05, 0) is 44.9 Å². The van der Waals surface area contributed by atoms with Crippen LogP contribution in [-0.4, -0.2) is 29.3 Å². The second-order valence-corrected chi connectivity index (χ2v) is 6.32. The molecule has 0 bridgehead atoms. The first kappa shape index (κ1) is 18.8. The Balaban J connectivity index is 2.59. The Morgan fingerprint density at radius 1 is 1.39 bits per heavy atom. The first-order valence-electron chi connectivity index (χ1n) is 7.06. The average molecular weight is 341 g/mol. The normalized spacial score (nSPS) is 11.5. The molecule has 23 heavy (non-hydrogen) atoms. The van der Waals surface area contributed by atoms with Crippen molar-refractivity contribution in [1.29, 1.82) is 0 Å². The fourth-order valence-corrected chi connectivity index (χ4v) is 1.96. The number of benzene rings is 1. The minimum Gasteiger partial charge on any atom is -0.478 e. The number of ether oxygens (including phenoxy) is 1. The van der Waals surface area contributed by atoms with Crippen LogP contribution in [0, 0.1) is 0 Å². The number of rotatable bonds is 5. The third-order valence-corrected chi connectivity index (χ3v) is 2.90. The van der Waals surface area contributed by atoms with Crippen molar-refractivity contribution in [2.45, 2.75) is 32.8 Å². The lowest BCUT2D eigenvalue weighted by atomic mass is 10.1. The summed E-state index contributed by atoms with van der Waals surface area (Å²) in [6, 6.07) is 2.89. The molecule has 1 rings (SSSR count). The van der Waals surface area contributed by atoms with Crippen molar-refractivity contribution in [1.82, 2.24) is 5.32 Å². The van der Waals surface area contributed by atoms with Gasteiger partial charge in [0, 0.05) is 11.6 Å². The third-order valence-electron chi connectivity index (χ3n) is 2.68. The predicted molar refractivity (Wildman–Crippen MR) is 90.7 cm³/mol. The average Bonchev–Trinajstić information content (AvgIpc) is 2.39. The first-order valence-corrected chi connectivity index (χ1v) is 7.43. The molecule has 4 N–H and O–H groups in total. The van der Waals surface area contributed by atoms with Gasteiger partial charge in [-0.15, -0.1) is 0 Å². The summed E-state index contributed by atoms with van der Waals surface area (Å²) in [5.41, 5.74) is 5.90. The topological polar surface area (TPSA) is 102 Å². The summed E-state index contributed by atoms with van der Waals surface area (Å²) in [5.74, 6) is -1.13. The van der Waals surface area contributed by atoms with Crippen LogP contribution in [0.15, 0.2) is 18.2 Å². The van der Waals surface area contributed by atoms with E-state index in [4.69, 9.17) is 27.2 Å². The molecule has 7 heteroatoms. The number of aromatic carboxylic acids is 1. The van der Waals surface area contributed by atoms with Gasteiger partial charge in [0.25, 0.3) is 0 Å². The summed E-state index contributed by atoms with van der Waals surface area (Å²) in [6.45, 7) is 5.75. The van der Waals surface area contributed by atoms with Crippen molar-refractivity contribution >= 4 is 35.4 Å². The largest absolute Gasteiger partial charge is 0.478 e. The van der Waals surface area contributed by atoms with Gasteiger partial charge in [-0.1, -0.05) is 23.8 Å². The highest BCUT2D eigenvalue weighted by atomic mass is 35.5. The maximum atomic E-state index is 11.5. The smallest absolute Gasteiger partial charge is 0.407 e. The third kappa shape index (κ3) is 6.61. The van der Waals surface area contributed by atoms with E-state index in [1.165, 1.54) is 6.07 Å². The van der Waals surface area contributed by atoms with Crippen LogP contribution in [0.2, 0.25) is 5.02 Å². The van der Waals surface area contributed by atoms with E-state index in [9.17, 15) is 9.59 Å². The van der Waals surface area contributed by atoms with Crippen molar-refractivity contribution in [2.24, 2.45) is 0 Å². The molecular weight excluding hydrogens is 320 g/mol. The number of nitrogens with one attached hydrogen (secondary N) is 1. The van der Waals surface area contributed by atoms with Crippen LogP contribution in [-0.2, 0) is 4.74 Å². The molecule has 0 radical (unpaired) electrons. The maximum absolute atomic E-state index is 11.5. The summed E-state index contributed by atoms with van der Waals surface area (Å²) in [6.07, 6.45) is 3.49. The van der Waals surface area contributed by atoms with E-state index in [1.807, 2.05) is 0 Å². The zero-order valence-electron chi connectivity index (χ0n) is 13.4. The summed E-state index contributed by atoms with van der Waals surface area (Å²) in [4.78, 5) is 22.5. The van der Waals surface area contributed by atoms with E-state index in [0.717, 1.165) is 0 Å². The molecule has 0 unspecified atom stereocenters. The zero-order valence-corrected chi connectivity index (χ0v) is 14.1. The van der Waals surface area contributed by atoms with Crippen molar-refractivity contribution in [3.63, 3.8) is 0 Å². The number of nitrogen functional groups attached to an aromatic ring is 1. The van der Waals surface area contributed by atoms with Crippen molar-refractivity contribution in [3.8, 4) is 0 Å². The number of nitrogens with two attached hydrogens (primary N) is 1. The van der Waals surface area contributed by atoms with Crippen LogP contribution in [0.1, 0.15) is 43.1 Å². The molecule has 126 valence electrons. The highest BCUT2D eigenvalue weighted by molar-refractivity contribution is 6.31. The van der Waals surface area contributed by atoms with E-state index < -0.39 is 17.7 Å². The van der Waals surface area contributed by atoms with Gasteiger partial charge in [0.1, 0.15) is 5.60 Å². The predicted octanol–water partition coefficient (Wildman–Crippen LogP) is 3.55. The Morgan fingerprint density at radius 3 is 2.61 bits per heavy atom. The molecule has 0 aliphatic carbocycles. The van der Waals surface area contributed by atoms with Crippen LogP contribution in [0.25, 0.3) is 6.08 Å². The molecule has 0 aliphatic rings. The summed E-state index contributed by atoms with van der Waals surface area (Å²) in [7, 11) is 0. The number of alkyl carbamates (subject to hydrolysis) is 1. The quantitative estimate of drug-likeness (QED) is 0.562. The summed E-state index contributed by atoms with van der Waals surface area (Å²) < 4.78 is 5.10. The van der Waals surface area contributed by atoms with Crippen LogP contribution in [0.4, 0.5) is 10.5 Å². The second-order valence-electron chi connectivity index (χ2n) is 5.88. The van der Waals surface area contributed by atoms with Gasteiger partial charge in [-0.25, -0.2) is 9.59 Å². The van der Waals surface area contributed by atoms with Crippen LogP contribution in [0.3, 0.4) is 0 Å². The number of carbonyl (C=O) groups is 2. The van der Waals surface area contributed by atoms with Gasteiger partial charge in [0.15, 0.2) is 0 Å². The monoisotopic (exact) mass is 340 g/mol. The first-order chi connectivity index (χ1) is 10.6. The number of carboxylic acid groups (broad SMARTS) is 1. The van der Waals surface area contributed by atoms with E-state index in [0.29, 0.717) is 23.6 Å². The number of hydrogen-bond donors (Lipinski definition) is 3. The lowest BCUT2D eigenvalue weighted by Crippen LogP contribution is -2.32. The molecule has 0 aromatic heterocycles. The van der Waals surface area contributed by atoms with Crippen molar-refractivity contribution in [3.05, 3.63) is 34.4 Å². The highest BCUT2D eigenvalue weighted by Gasteiger charge is 2.15. The summed E-state index contributed by atoms with van der Waals surface area (Å²) in [5, 5.41) is 12.0. The maximum Gasteiger partial charge on any atom is 0.407 e. The van der Waals surface area contributed by atoms with E-state index in [1.54, 1.807) is 39.0 Å². The lowest BCUT2D eigenvalue weighted by molar-refractivity contribution is 0.0528. The Kier molecular flexibility index (Phi) is 6.45. The molecule has 6 nitrogen and oxygen atoms in total. The zero-order chi connectivity index (χ0) is 17.6. The number of anilines is 1. The molecule has 0 aliphatic heterocycles. The molecule has 1 aromatic carbocycles. The number of hydrogen-bond acceptors (Lipinski definition) is 4. The highest BCUT2D eigenvalue weighted by Crippen LogP contribution is 2.24. The minimum absolute atomic E-state index is 0.0379. The van der Waals surface area contributed by atoms with Gasteiger partial charge >= 0.3 is 12.1 Å². The Hall–Kier alpha value is -2.21. The number of carboxylic acids is 1. The fourth-order valence-electron chi connectivity index (χ4n) is 1.74. The van der Waals surface area contributed by atoms with Gasteiger partial charge < -0.3 is 20.9 Å². The summed E-state index contributed by atoms with van der Waals surface area (Å²) >= 11 is 5.88. The Morgan fingerprint density at radius 2 is 2.04 bits per heavy atom. The van der Waals surface area contributed by atoms with E-state index in [2.05, 4.69) is 5.32 Å². The molecule has 0 saturated heterocycles. The molecule has 0 atom stereocenters. The second kappa shape index (κ2) is 7.87. The standard InChI is InChI=1S/C16H21ClN2O4/c1-16(2,3)23-15(22)19-7-5-4-6-10-8-11(17)9-12(13(10)18)14(20)21/h4,6,8-9H,5,7,18H2,1-3H3,(H,19,22)(H,20,21). The molecule has 0 saturated carbocycles. The molecule has 0 fully saturated rings. The SMILES string of the molecule is CC(C)(C)OC(=O)NCCC=Cc1cc(Cl)cc(C(=O)O)c1N. The van der Waals surface area contributed by atoms with Crippen molar-refractivity contribution in [2.75, 3.05) is 12.3 Å². The number of halogens is 1. The fraction of sp³-hybridized carbons (Fsp3) is 0.375. The van der Waals surface area contributed by atoms with Gasteiger partial charge in [0.2, 0.25) is 0 Å². The number of carbonyl (C=O) groups excluding carboxylic acids is 1. The van der Waals surface area contributed by atoms with E-state index >= 15 is 0 Å². The molecule has 1 aromatic rings. The Labute approximate surface area is 140 Å². The Bertz CT molecular complexity index is 621. The van der Waals surface area contributed by atoms with Gasteiger partial charge in [-0.3, -0.25) is 0 Å². The van der Waals surface area contributed by atoms with Gasteiger partial charge in [0.05, 0.1) is 11.3 Å². The van der Waals surface area contributed by atoms with Crippen molar-refractivity contribution < 1.29 is 19.4 Å². The van der Waals surface area contributed by atoms with Crippen LogP contribution < -0.4 is 11.1 Å². The lowest BCUT2D eigenvalue weighted by Gasteiger charge is -2.19.